The lowest BCUT2D eigenvalue weighted by Gasteiger charge is -2.13. The van der Waals surface area contributed by atoms with Gasteiger partial charge in [0, 0.05) is 13.2 Å². The highest BCUT2D eigenvalue weighted by molar-refractivity contribution is 5.80. The highest BCUT2D eigenvalue weighted by atomic mass is 16.5. The second-order valence-electron chi connectivity index (χ2n) is 2.54. The molecule has 0 aliphatic carbocycles. The number of aliphatic hydroxyl groups is 1. The Kier molecular flexibility index (Phi) is 4.81. The first-order valence-electron chi connectivity index (χ1n) is 3.55. The van der Waals surface area contributed by atoms with E-state index in [4.69, 9.17) is 9.84 Å². The average molecular weight is 161 g/mol. The lowest BCUT2D eigenvalue weighted by molar-refractivity contribution is -0.129. The highest BCUT2D eigenvalue weighted by Gasteiger charge is 2.10. The molecule has 0 aliphatic heterocycles. The maximum absolute atomic E-state index is 10.8. The third-order valence-electron chi connectivity index (χ3n) is 1.18. The van der Waals surface area contributed by atoms with Crippen LogP contribution in [0.3, 0.4) is 0 Å². The molecule has 0 aromatic heterocycles. The van der Waals surface area contributed by atoms with Crippen molar-refractivity contribution in [1.82, 2.24) is 5.32 Å². The molecule has 4 heteroatoms. The molecule has 1 amide bonds. The quantitative estimate of drug-likeness (QED) is 0.585. The maximum atomic E-state index is 10.8. The van der Waals surface area contributed by atoms with Gasteiger partial charge in [-0.3, -0.25) is 4.79 Å². The Balaban J connectivity index is 3.57. The summed E-state index contributed by atoms with van der Waals surface area (Å²) in [6.07, 6.45) is -0.950. The molecular formula is C7H15NO3. The number of rotatable bonds is 4. The minimum atomic E-state index is -0.950. The zero-order chi connectivity index (χ0) is 8.85. The number of nitrogens with one attached hydrogen (secondary N) is 1. The summed E-state index contributed by atoms with van der Waals surface area (Å²) in [5.74, 6) is -0.366. The zero-order valence-corrected chi connectivity index (χ0v) is 7.13. The van der Waals surface area contributed by atoms with Crippen molar-refractivity contribution in [2.75, 3.05) is 13.7 Å². The Morgan fingerprint density at radius 2 is 2.18 bits per heavy atom. The summed E-state index contributed by atoms with van der Waals surface area (Å²) >= 11 is 0. The highest BCUT2D eigenvalue weighted by Crippen LogP contribution is 1.85. The van der Waals surface area contributed by atoms with E-state index >= 15 is 0 Å². The van der Waals surface area contributed by atoms with Gasteiger partial charge >= 0.3 is 0 Å². The van der Waals surface area contributed by atoms with E-state index in [-0.39, 0.29) is 11.9 Å². The second kappa shape index (κ2) is 5.09. The Morgan fingerprint density at radius 1 is 1.64 bits per heavy atom. The summed E-state index contributed by atoms with van der Waals surface area (Å²) in [4.78, 5) is 10.8. The molecule has 11 heavy (non-hydrogen) atoms. The van der Waals surface area contributed by atoms with Gasteiger partial charge in [0.1, 0.15) is 6.10 Å². The Hall–Kier alpha value is -0.610. The fourth-order valence-corrected chi connectivity index (χ4v) is 0.655. The largest absolute Gasteiger partial charge is 0.384 e. The average Bonchev–Trinajstić information content (AvgIpc) is 1.87. The molecule has 2 N–H and O–H groups in total. The van der Waals surface area contributed by atoms with E-state index in [1.807, 2.05) is 6.92 Å². The van der Waals surface area contributed by atoms with Gasteiger partial charge in [-0.2, -0.15) is 0 Å². The van der Waals surface area contributed by atoms with Crippen molar-refractivity contribution in [3.63, 3.8) is 0 Å². The lowest BCUT2D eigenvalue weighted by Crippen LogP contribution is -2.40. The van der Waals surface area contributed by atoms with Gasteiger partial charge in [-0.15, -0.1) is 0 Å². The van der Waals surface area contributed by atoms with E-state index < -0.39 is 6.10 Å². The summed E-state index contributed by atoms with van der Waals surface area (Å²) < 4.78 is 4.79. The first kappa shape index (κ1) is 10.4. The van der Waals surface area contributed by atoms with Crippen LogP contribution >= 0.6 is 0 Å². The number of carbonyl (C=O) groups is 1. The predicted octanol–water partition coefficient (Wildman–Crippen LogP) is -0.482. The number of hydrogen-bond acceptors (Lipinski definition) is 3. The van der Waals surface area contributed by atoms with E-state index in [2.05, 4.69) is 5.32 Å². The number of hydrogen-bond donors (Lipinski definition) is 2. The van der Waals surface area contributed by atoms with Crippen LogP contribution in [0.4, 0.5) is 0 Å². The van der Waals surface area contributed by atoms with E-state index in [1.54, 1.807) is 7.11 Å². The van der Waals surface area contributed by atoms with Gasteiger partial charge in [-0.1, -0.05) is 0 Å². The van der Waals surface area contributed by atoms with E-state index in [1.165, 1.54) is 6.92 Å². The smallest absolute Gasteiger partial charge is 0.248 e. The van der Waals surface area contributed by atoms with Crippen molar-refractivity contribution < 1.29 is 14.6 Å². The first-order valence-corrected chi connectivity index (χ1v) is 3.55. The van der Waals surface area contributed by atoms with Crippen molar-refractivity contribution in [2.45, 2.75) is 26.0 Å². The van der Waals surface area contributed by atoms with Crippen molar-refractivity contribution in [3.05, 3.63) is 0 Å². The SMILES string of the molecule is COCC(C)NC(=O)C(C)O. The first-order chi connectivity index (χ1) is 5.07. The predicted molar refractivity (Wildman–Crippen MR) is 41.2 cm³/mol. The molecule has 0 aromatic carbocycles. The molecule has 0 heterocycles. The van der Waals surface area contributed by atoms with Crippen LogP contribution in [-0.2, 0) is 9.53 Å². The van der Waals surface area contributed by atoms with Crippen LogP contribution in [-0.4, -0.2) is 36.9 Å². The van der Waals surface area contributed by atoms with Crippen molar-refractivity contribution in [2.24, 2.45) is 0 Å². The zero-order valence-electron chi connectivity index (χ0n) is 7.13. The third kappa shape index (κ3) is 4.75. The Bertz CT molecular complexity index is 125. The molecule has 0 aliphatic rings. The molecule has 0 aromatic rings. The van der Waals surface area contributed by atoms with Crippen LogP contribution < -0.4 is 5.32 Å². The standard InChI is InChI=1S/C7H15NO3/c1-5(4-11-3)8-7(10)6(2)9/h5-6,9H,4H2,1-3H3,(H,8,10). The molecule has 0 saturated heterocycles. The van der Waals surface area contributed by atoms with Crippen LogP contribution in [0.5, 0.6) is 0 Å². The molecule has 2 atom stereocenters. The number of aliphatic hydroxyl groups excluding tert-OH is 1. The molecule has 4 nitrogen and oxygen atoms in total. The van der Waals surface area contributed by atoms with Crippen molar-refractivity contribution >= 4 is 5.91 Å². The lowest BCUT2D eigenvalue weighted by atomic mass is 10.3. The summed E-state index contributed by atoms with van der Waals surface area (Å²) in [7, 11) is 1.56. The molecule has 2 unspecified atom stereocenters. The van der Waals surface area contributed by atoms with Crippen LogP contribution in [0, 0.1) is 0 Å². The maximum Gasteiger partial charge on any atom is 0.248 e. The van der Waals surface area contributed by atoms with Crippen LogP contribution in [0.15, 0.2) is 0 Å². The second-order valence-corrected chi connectivity index (χ2v) is 2.54. The molecule has 0 radical (unpaired) electrons. The Labute approximate surface area is 66.5 Å². The van der Waals surface area contributed by atoms with Crippen molar-refractivity contribution in [3.8, 4) is 0 Å². The van der Waals surface area contributed by atoms with E-state index in [0.29, 0.717) is 6.61 Å². The molecule has 0 fully saturated rings. The molecular weight excluding hydrogens is 146 g/mol. The van der Waals surface area contributed by atoms with Crippen LogP contribution in [0.1, 0.15) is 13.8 Å². The van der Waals surface area contributed by atoms with Gasteiger partial charge in [0.2, 0.25) is 5.91 Å². The van der Waals surface area contributed by atoms with Gasteiger partial charge in [0.15, 0.2) is 0 Å². The monoisotopic (exact) mass is 161 g/mol. The number of amides is 1. The van der Waals surface area contributed by atoms with Gasteiger partial charge in [-0.05, 0) is 13.8 Å². The molecule has 0 bridgehead atoms. The van der Waals surface area contributed by atoms with E-state index in [0.717, 1.165) is 0 Å². The number of carbonyl (C=O) groups excluding carboxylic acids is 1. The van der Waals surface area contributed by atoms with E-state index in [9.17, 15) is 4.79 Å². The summed E-state index contributed by atoms with van der Waals surface area (Å²) in [6.45, 7) is 3.69. The van der Waals surface area contributed by atoms with Crippen molar-refractivity contribution in [1.29, 1.82) is 0 Å². The molecule has 0 saturated carbocycles. The summed E-state index contributed by atoms with van der Waals surface area (Å²) in [5, 5.41) is 11.4. The van der Waals surface area contributed by atoms with Gasteiger partial charge in [-0.25, -0.2) is 0 Å². The third-order valence-corrected chi connectivity index (χ3v) is 1.18. The summed E-state index contributed by atoms with van der Waals surface area (Å²) in [6, 6.07) is -0.0536. The molecule has 0 rings (SSSR count). The van der Waals surface area contributed by atoms with Gasteiger partial charge in [0.05, 0.1) is 6.61 Å². The fraction of sp³-hybridized carbons (Fsp3) is 0.857. The van der Waals surface area contributed by atoms with Crippen LogP contribution in [0.25, 0.3) is 0 Å². The number of methoxy groups -OCH3 is 1. The van der Waals surface area contributed by atoms with Gasteiger partial charge < -0.3 is 15.2 Å². The minimum Gasteiger partial charge on any atom is -0.384 e. The number of ether oxygens (including phenoxy) is 1. The Morgan fingerprint density at radius 3 is 2.55 bits per heavy atom. The van der Waals surface area contributed by atoms with Crippen LogP contribution in [0.2, 0.25) is 0 Å². The normalized spacial score (nSPS) is 15.6. The molecule has 66 valence electrons. The van der Waals surface area contributed by atoms with Gasteiger partial charge in [0.25, 0.3) is 0 Å². The topological polar surface area (TPSA) is 58.6 Å². The molecule has 0 spiro atoms. The fourth-order valence-electron chi connectivity index (χ4n) is 0.655. The summed E-state index contributed by atoms with van der Waals surface area (Å²) in [5.41, 5.74) is 0. The minimum absolute atomic E-state index is 0.0536.